The van der Waals surface area contributed by atoms with Gasteiger partial charge < -0.3 is 24.8 Å². The van der Waals surface area contributed by atoms with Crippen LogP contribution in [0.15, 0.2) is 43.0 Å². The predicted octanol–water partition coefficient (Wildman–Crippen LogP) is 3.27. The Morgan fingerprint density at radius 2 is 1.91 bits per heavy atom. The van der Waals surface area contributed by atoms with E-state index in [0.717, 1.165) is 72.4 Å². The monoisotopic (exact) mass is 444 g/mol. The average Bonchev–Trinajstić information content (AvgIpc) is 3.50. The van der Waals surface area contributed by atoms with Gasteiger partial charge in [-0.1, -0.05) is 0 Å². The fourth-order valence-corrected chi connectivity index (χ4v) is 5.01. The van der Waals surface area contributed by atoms with Crippen molar-refractivity contribution in [1.82, 2.24) is 29.8 Å². The maximum atomic E-state index is 5.66. The number of piperidine rings is 1. The van der Waals surface area contributed by atoms with Crippen molar-refractivity contribution in [3.63, 3.8) is 0 Å². The van der Waals surface area contributed by atoms with Crippen molar-refractivity contribution in [2.45, 2.75) is 31.3 Å². The van der Waals surface area contributed by atoms with Crippen LogP contribution in [-0.2, 0) is 4.74 Å². The normalized spacial score (nSPS) is 19.5. The summed E-state index contributed by atoms with van der Waals surface area (Å²) in [6.07, 6.45) is 10.8. The van der Waals surface area contributed by atoms with Crippen molar-refractivity contribution >= 4 is 39.4 Å². The Bertz CT molecular complexity index is 1260. The molecule has 4 aromatic rings. The minimum Gasteiger partial charge on any atom is -0.379 e. The van der Waals surface area contributed by atoms with Crippen molar-refractivity contribution in [3.8, 4) is 0 Å². The first-order valence-electron chi connectivity index (χ1n) is 11.6. The minimum absolute atomic E-state index is 0.251. The van der Waals surface area contributed by atoms with Gasteiger partial charge in [0.05, 0.1) is 36.2 Å². The Hall–Kier alpha value is -3.30. The van der Waals surface area contributed by atoms with E-state index in [-0.39, 0.29) is 6.04 Å². The molecule has 2 saturated heterocycles. The van der Waals surface area contributed by atoms with Gasteiger partial charge in [0.1, 0.15) is 11.5 Å². The zero-order valence-corrected chi connectivity index (χ0v) is 18.7. The van der Waals surface area contributed by atoms with Crippen molar-refractivity contribution in [3.05, 3.63) is 43.0 Å². The molecule has 0 saturated carbocycles. The van der Waals surface area contributed by atoms with E-state index in [2.05, 4.69) is 41.1 Å². The van der Waals surface area contributed by atoms with Gasteiger partial charge in [-0.05, 0) is 44.5 Å². The van der Waals surface area contributed by atoms with Crippen LogP contribution in [0.3, 0.4) is 0 Å². The van der Waals surface area contributed by atoms with Gasteiger partial charge in [0, 0.05) is 48.9 Å². The lowest BCUT2D eigenvalue weighted by Gasteiger charge is -2.33. The highest BCUT2D eigenvalue weighted by molar-refractivity contribution is 6.06. The molecule has 0 bridgehead atoms. The lowest BCUT2D eigenvalue weighted by atomic mass is 10.1. The molecule has 0 aliphatic carbocycles. The van der Waals surface area contributed by atoms with Gasteiger partial charge >= 0.3 is 0 Å². The fraction of sp³-hybridized carbons (Fsp3) is 0.417. The zero-order chi connectivity index (χ0) is 22.2. The van der Waals surface area contributed by atoms with Crippen LogP contribution in [0.4, 0.5) is 17.5 Å². The van der Waals surface area contributed by atoms with E-state index in [0.29, 0.717) is 18.6 Å². The number of hydrogen-bond donors (Lipinski definition) is 2. The lowest BCUT2D eigenvalue weighted by molar-refractivity contribution is 0.187. The smallest absolute Gasteiger partial charge is 0.230 e. The van der Waals surface area contributed by atoms with E-state index in [1.807, 2.05) is 44.0 Å². The van der Waals surface area contributed by atoms with Crippen LogP contribution < -0.4 is 15.5 Å². The first-order chi connectivity index (χ1) is 16.3. The highest BCUT2D eigenvalue weighted by Gasteiger charge is 2.24. The van der Waals surface area contributed by atoms with Gasteiger partial charge in [-0.15, -0.1) is 0 Å². The van der Waals surface area contributed by atoms with Gasteiger partial charge in [-0.3, -0.25) is 4.98 Å². The summed E-state index contributed by atoms with van der Waals surface area (Å²) in [5.41, 5.74) is 3.12. The van der Waals surface area contributed by atoms with Gasteiger partial charge in [0.25, 0.3) is 0 Å². The van der Waals surface area contributed by atoms with Gasteiger partial charge in [0.2, 0.25) is 5.95 Å². The molecule has 2 fully saturated rings. The zero-order valence-electron chi connectivity index (χ0n) is 18.7. The second kappa shape index (κ2) is 8.57. The Labute approximate surface area is 192 Å². The third-order valence-electron chi connectivity index (χ3n) is 6.87. The Morgan fingerprint density at radius 1 is 1.00 bits per heavy atom. The molecule has 0 spiro atoms. The van der Waals surface area contributed by atoms with E-state index in [1.54, 1.807) is 0 Å². The summed E-state index contributed by atoms with van der Waals surface area (Å²) in [5, 5.41) is 8.80. The van der Waals surface area contributed by atoms with Crippen LogP contribution in [0, 0.1) is 0 Å². The van der Waals surface area contributed by atoms with Crippen LogP contribution in [0.2, 0.25) is 0 Å². The Kier molecular flexibility index (Phi) is 5.27. The summed E-state index contributed by atoms with van der Waals surface area (Å²) < 4.78 is 7.91. The second-order valence-corrected chi connectivity index (χ2v) is 8.79. The Balaban J connectivity index is 1.27. The number of nitrogens with one attached hydrogen (secondary N) is 2. The summed E-state index contributed by atoms with van der Waals surface area (Å²) in [4.78, 5) is 20.8. The van der Waals surface area contributed by atoms with Gasteiger partial charge in [-0.2, -0.15) is 4.98 Å². The number of aromatic nitrogens is 5. The standard InChI is InChI=1S/C24H28N8O/c1-25-16-5-9-31(10-6-16)17-2-3-22(27-12-17)29-24-28-13-20-19-4-8-26-14-21(19)32(23(20)30-24)18-7-11-33-15-18/h2-4,8,12-14,16,18,25H,5-7,9-11,15H2,1H3,(H,27,28,29,30)/t18-/m1/s1. The van der Waals surface area contributed by atoms with E-state index < -0.39 is 0 Å². The average molecular weight is 445 g/mol. The molecule has 2 aliphatic rings. The summed E-state index contributed by atoms with van der Waals surface area (Å²) >= 11 is 0. The maximum absolute atomic E-state index is 5.66. The molecule has 2 N–H and O–H groups in total. The molecule has 1 atom stereocenters. The number of nitrogens with zero attached hydrogens (tertiary/aromatic N) is 6. The van der Waals surface area contributed by atoms with Crippen molar-refractivity contribution < 1.29 is 4.74 Å². The molecule has 0 aromatic carbocycles. The summed E-state index contributed by atoms with van der Waals surface area (Å²) in [5.74, 6) is 1.27. The molecule has 170 valence electrons. The number of rotatable bonds is 5. The maximum Gasteiger partial charge on any atom is 0.230 e. The first-order valence-corrected chi connectivity index (χ1v) is 11.6. The van der Waals surface area contributed by atoms with Crippen molar-refractivity contribution in [1.29, 1.82) is 0 Å². The van der Waals surface area contributed by atoms with Crippen LogP contribution >= 0.6 is 0 Å². The summed E-state index contributed by atoms with van der Waals surface area (Å²) in [6.45, 7) is 3.55. The number of fused-ring (bicyclic) bond motifs is 3. The molecule has 0 amide bonds. The van der Waals surface area contributed by atoms with Crippen LogP contribution in [0.5, 0.6) is 0 Å². The molecule has 2 aliphatic heterocycles. The molecule has 9 nitrogen and oxygen atoms in total. The third kappa shape index (κ3) is 3.77. The summed E-state index contributed by atoms with van der Waals surface area (Å²) in [7, 11) is 2.04. The van der Waals surface area contributed by atoms with E-state index in [4.69, 9.17) is 9.72 Å². The topological polar surface area (TPSA) is 93.0 Å². The van der Waals surface area contributed by atoms with Gasteiger partial charge in [-0.25, -0.2) is 9.97 Å². The van der Waals surface area contributed by atoms with Gasteiger partial charge in [0.15, 0.2) is 0 Å². The van der Waals surface area contributed by atoms with Crippen LogP contribution in [0.25, 0.3) is 21.9 Å². The number of hydrogen-bond acceptors (Lipinski definition) is 8. The molecule has 33 heavy (non-hydrogen) atoms. The van der Waals surface area contributed by atoms with Crippen molar-refractivity contribution in [2.75, 3.05) is 43.6 Å². The summed E-state index contributed by atoms with van der Waals surface area (Å²) in [6, 6.07) is 7.01. The number of pyridine rings is 2. The quantitative estimate of drug-likeness (QED) is 0.485. The van der Waals surface area contributed by atoms with E-state index >= 15 is 0 Å². The molecule has 4 aromatic heterocycles. The van der Waals surface area contributed by atoms with Crippen LogP contribution in [0.1, 0.15) is 25.3 Å². The predicted molar refractivity (Wildman–Crippen MR) is 129 cm³/mol. The third-order valence-corrected chi connectivity index (χ3v) is 6.87. The molecule has 9 heteroatoms. The van der Waals surface area contributed by atoms with Crippen molar-refractivity contribution in [2.24, 2.45) is 0 Å². The molecule has 6 rings (SSSR count). The number of anilines is 3. The second-order valence-electron chi connectivity index (χ2n) is 8.79. The minimum atomic E-state index is 0.251. The lowest BCUT2D eigenvalue weighted by Crippen LogP contribution is -2.41. The highest BCUT2D eigenvalue weighted by Crippen LogP contribution is 2.33. The highest BCUT2D eigenvalue weighted by atomic mass is 16.5. The SMILES string of the molecule is CNC1CCN(c2ccc(Nc3ncc4c5ccncc5n([C@@H]5CCOC5)c4n3)nc2)CC1. The molecule has 0 unspecified atom stereocenters. The Morgan fingerprint density at radius 3 is 2.67 bits per heavy atom. The number of ether oxygens (including phenoxy) is 1. The largest absolute Gasteiger partial charge is 0.379 e. The molecule has 6 heterocycles. The van der Waals surface area contributed by atoms with E-state index in [9.17, 15) is 0 Å². The molecular formula is C24H28N8O. The fourth-order valence-electron chi connectivity index (χ4n) is 5.01. The molecular weight excluding hydrogens is 416 g/mol. The molecule has 0 radical (unpaired) electrons. The van der Waals surface area contributed by atoms with Crippen LogP contribution in [-0.4, -0.2) is 63.9 Å². The van der Waals surface area contributed by atoms with E-state index in [1.165, 1.54) is 0 Å². The first kappa shape index (κ1) is 20.3.